The zero-order chi connectivity index (χ0) is 10.4. The molecule has 1 heterocycles. The van der Waals surface area contributed by atoms with E-state index in [2.05, 4.69) is 5.32 Å². The summed E-state index contributed by atoms with van der Waals surface area (Å²) in [5, 5.41) is 2.75. The van der Waals surface area contributed by atoms with Crippen LogP contribution in [0.4, 0.5) is 0 Å². The molecule has 0 aromatic carbocycles. The summed E-state index contributed by atoms with van der Waals surface area (Å²) in [6, 6.07) is 0. The highest BCUT2D eigenvalue weighted by molar-refractivity contribution is 5.77. The lowest BCUT2D eigenvalue weighted by Gasteiger charge is -2.25. The fourth-order valence-corrected chi connectivity index (χ4v) is 1.40. The van der Waals surface area contributed by atoms with Gasteiger partial charge >= 0.3 is 0 Å². The number of hydrogen-bond donors (Lipinski definition) is 1. The zero-order valence-corrected chi connectivity index (χ0v) is 8.67. The van der Waals surface area contributed by atoms with Crippen LogP contribution in [0.3, 0.4) is 0 Å². The second-order valence-electron chi connectivity index (χ2n) is 3.40. The van der Waals surface area contributed by atoms with Crippen LogP contribution in [0.1, 0.15) is 6.42 Å². The summed E-state index contributed by atoms with van der Waals surface area (Å²) in [6.07, 6.45) is 0.816. The zero-order valence-electron chi connectivity index (χ0n) is 8.67. The average molecular weight is 203 g/mol. The summed E-state index contributed by atoms with van der Waals surface area (Å²) in [5.74, 6) is -0.129. The normalized spacial score (nSPS) is 26.4. The van der Waals surface area contributed by atoms with Gasteiger partial charge in [-0.2, -0.15) is 0 Å². The molecule has 1 aliphatic heterocycles. The smallest absolute Gasteiger partial charge is 0.246 e. The highest BCUT2D eigenvalue weighted by Gasteiger charge is 2.35. The summed E-state index contributed by atoms with van der Waals surface area (Å²) in [5.41, 5.74) is -0.344. The molecule has 14 heavy (non-hydrogen) atoms. The Morgan fingerprint density at radius 2 is 2.36 bits per heavy atom. The summed E-state index contributed by atoms with van der Waals surface area (Å²) in [6.45, 7) is 1.79. The van der Waals surface area contributed by atoms with Crippen LogP contribution in [-0.4, -0.2) is 52.1 Å². The van der Waals surface area contributed by atoms with Gasteiger partial charge in [-0.3, -0.25) is 4.79 Å². The Hall–Kier alpha value is -0.650. The molecular formula is C9H17NO4. The first-order valence-electron chi connectivity index (χ1n) is 4.61. The minimum absolute atomic E-state index is 0.0840. The molecule has 1 amide bonds. The van der Waals surface area contributed by atoms with Crippen molar-refractivity contribution in [2.75, 3.05) is 40.6 Å². The molecule has 1 N–H and O–H groups in total. The molecule has 1 rings (SSSR count). The molecule has 1 unspecified atom stereocenters. The fraction of sp³-hybridized carbons (Fsp3) is 0.889. The van der Waals surface area contributed by atoms with E-state index in [-0.39, 0.29) is 18.1 Å². The van der Waals surface area contributed by atoms with E-state index in [9.17, 15) is 4.79 Å². The van der Waals surface area contributed by atoms with E-state index in [1.165, 1.54) is 7.11 Å². The van der Waals surface area contributed by atoms with Crippen molar-refractivity contribution in [3.63, 3.8) is 0 Å². The molecular weight excluding hydrogens is 186 g/mol. The fourth-order valence-electron chi connectivity index (χ4n) is 1.40. The van der Waals surface area contributed by atoms with Gasteiger partial charge in [0, 0.05) is 33.8 Å². The van der Waals surface area contributed by atoms with E-state index < -0.39 is 0 Å². The van der Waals surface area contributed by atoms with Crippen LogP contribution >= 0.6 is 0 Å². The average Bonchev–Trinajstić information content (AvgIpc) is 2.65. The van der Waals surface area contributed by atoms with Crippen molar-refractivity contribution in [2.24, 2.45) is 0 Å². The van der Waals surface area contributed by atoms with Crippen LogP contribution in [-0.2, 0) is 19.0 Å². The lowest BCUT2D eigenvalue weighted by Crippen LogP contribution is -2.45. The predicted molar refractivity (Wildman–Crippen MR) is 50.1 cm³/mol. The molecule has 1 aliphatic rings. The minimum Gasteiger partial charge on any atom is -0.378 e. The molecule has 0 aliphatic carbocycles. The Balaban J connectivity index is 2.30. The lowest BCUT2D eigenvalue weighted by atomic mass is 10.0. The van der Waals surface area contributed by atoms with Crippen LogP contribution in [0.15, 0.2) is 0 Å². The van der Waals surface area contributed by atoms with Gasteiger partial charge in [-0.15, -0.1) is 0 Å². The molecule has 1 fully saturated rings. The van der Waals surface area contributed by atoms with E-state index in [0.717, 1.165) is 6.42 Å². The van der Waals surface area contributed by atoms with E-state index in [1.54, 1.807) is 7.11 Å². The molecule has 1 saturated heterocycles. The van der Waals surface area contributed by atoms with Crippen molar-refractivity contribution in [2.45, 2.75) is 12.0 Å². The second-order valence-corrected chi connectivity index (χ2v) is 3.40. The molecule has 0 spiro atoms. The Morgan fingerprint density at radius 3 is 2.86 bits per heavy atom. The number of rotatable bonds is 5. The van der Waals surface area contributed by atoms with Crippen molar-refractivity contribution >= 4 is 5.91 Å². The molecule has 5 heteroatoms. The predicted octanol–water partition coefficient (Wildman–Crippen LogP) is -0.445. The first kappa shape index (κ1) is 11.4. The van der Waals surface area contributed by atoms with Gasteiger partial charge in [0.05, 0.1) is 6.61 Å². The molecule has 5 nitrogen and oxygen atoms in total. The Morgan fingerprint density at radius 1 is 1.57 bits per heavy atom. The summed E-state index contributed by atoms with van der Waals surface area (Å²) >= 11 is 0. The maximum absolute atomic E-state index is 11.1. The quantitative estimate of drug-likeness (QED) is 0.658. The van der Waals surface area contributed by atoms with Gasteiger partial charge in [0.25, 0.3) is 0 Å². The van der Waals surface area contributed by atoms with Crippen LogP contribution < -0.4 is 5.32 Å². The standard InChI is InChI=1S/C9H17NO4/c1-12-5-8(11)10-6-9(13-2)3-4-14-7-9/h3-7H2,1-2H3,(H,10,11). The van der Waals surface area contributed by atoms with Gasteiger partial charge in [0.1, 0.15) is 12.2 Å². The Kier molecular flexibility index (Phi) is 4.31. The number of nitrogens with one attached hydrogen (secondary N) is 1. The number of carbonyl (C=O) groups excluding carboxylic acids is 1. The first-order valence-corrected chi connectivity index (χ1v) is 4.61. The van der Waals surface area contributed by atoms with Crippen molar-refractivity contribution in [3.8, 4) is 0 Å². The largest absolute Gasteiger partial charge is 0.378 e. The topological polar surface area (TPSA) is 56.8 Å². The van der Waals surface area contributed by atoms with E-state index in [4.69, 9.17) is 14.2 Å². The van der Waals surface area contributed by atoms with Crippen LogP contribution in [0.5, 0.6) is 0 Å². The summed E-state index contributed by atoms with van der Waals surface area (Å²) in [7, 11) is 3.13. The van der Waals surface area contributed by atoms with Crippen LogP contribution in [0, 0.1) is 0 Å². The molecule has 0 aromatic heterocycles. The Labute approximate surface area is 83.7 Å². The Bertz CT molecular complexity index is 189. The third-order valence-electron chi connectivity index (χ3n) is 2.38. The third-order valence-corrected chi connectivity index (χ3v) is 2.38. The molecule has 0 saturated carbocycles. The second kappa shape index (κ2) is 5.29. The summed E-state index contributed by atoms with van der Waals surface area (Å²) < 4.78 is 15.3. The first-order chi connectivity index (χ1) is 6.72. The lowest BCUT2D eigenvalue weighted by molar-refractivity contribution is -0.126. The van der Waals surface area contributed by atoms with E-state index in [0.29, 0.717) is 19.8 Å². The van der Waals surface area contributed by atoms with Gasteiger partial charge in [-0.05, 0) is 0 Å². The van der Waals surface area contributed by atoms with Crippen molar-refractivity contribution in [1.29, 1.82) is 0 Å². The van der Waals surface area contributed by atoms with E-state index >= 15 is 0 Å². The van der Waals surface area contributed by atoms with Gasteiger partial charge in [-0.25, -0.2) is 0 Å². The number of methoxy groups -OCH3 is 2. The molecule has 0 aromatic rings. The number of carbonyl (C=O) groups is 1. The SMILES string of the molecule is COCC(=O)NCC1(OC)CCOC1. The third kappa shape index (κ3) is 2.94. The molecule has 1 atom stereocenters. The van der Waals surface area contributed by atoms with Crippen molar-refractivity contribution in [1.82, 2.24) is 5.32 Å². The van der Waals surface area contributed by atoms with Crippen molar-refractivity contribution < 1.29 is 19.0 Å². The monoisotopic (exact) mass is 203 g/mol. The number of amides is 1. The number of ether oxygens (including phenoxy) is 3. The number of hydrogen-bond acceptors (Lipinski definition) is 4. The van der Waals surface area contributed by atoms with Crippen LogP contribution in [0.2, 0.25) is 0 Å². The maximum Gasteiger partial charge on any atom is 0.246 e. The molecule has 0 radical (unpaired) electrons. The highest BCUT2D eigenvalue weighted by Crippen LogP contribution is 2.21. The van der Waals surface area contributed by atoms with Gasteiger partial charge in [-0.1, -0.05) is 0 Å². The maximum atomic E-state index is 11.1. The van der Waals surface area contributed by atoms with Crippen LogP contribution in [0.25, 0.3) is 0 Å². The molecule has 0 bridgehead atoms. The van der Waals surface area contributed by atoms with Gasteiger partial charge in [0.2, 0.25) is 5.91 Å². The van der Waals surface area contributed by atoms with Crippen molar-refractivity contribution in [3.05, 3.63) is 0 Å². The molecule has 82 valence electrons. The van der Waals surface area contributed by atoms with Gasteiger partial charge in [0.15, 0.2) is 0 Å². The van der Waals surface area contributed by atoms with E-state index in [1.807, 2.05) is 0 Å². The van der Waals surface area contributed by atoms with Gasteiger partial charge < -0.3 is 19.5 Å². The minimum atomic E-state index is -0.344. The highest BCUT2D eigenvalue weighted by atomic mass is 16.5. The summed E-state index contributed by atoms with van der Waals surface area (Å²) in [4.78, 5) is 11.1.